The maximum absolute atomic E-state index is 12.1. The molecule has 0 bridgehead atoms. The normalized spacial score (nSPS) is 10.8. The monoisotopic (exact) mass is 350 g/mol. The fraction of sp³-hybridized carbons (Fsp3) is 0.444. The molecule has 24 heavy (non-hydrogen) atoms. The lowest BCUT2D eigenvalue weighted by molar-refractivity contribution is -0.132. The molecule has 1 aromatic heterocycles. The maximum atomic E-state index is 12.1. The Hall–Kier alpha value is -1.85. The third kappa shape index (κ3) is 4.58. The lowest BCUT2D eigenvalue weighted by Crippen LogP contribution is -2.33. The fourth-order valence-corrected chi connectivity index (χ4v) is 2.67. The van der Waals surface area contributed by atoms with E-state index in [2.05, 4.69) is 4.98 Å². The standard InChI is InChI=1S/C18H23ClN2O3/c1-4-17(22)21(8-9-23-3)12-14-10-13-11-15(24-5-2)6-7-16(13)20-18(14)19/h6-7,10-11H,4-5,8-9,12H2,1-3H3. The number of carbonyl (C=O) groups is 1. The quantitative estimate of drug-likeness (QED) is 0.681. The number of pyridine rings is 1. The Kier molecular flexibility index (Phi) is 6.82. The summed E-state index contributed by atoms with van der Waals surface area (Å²) in [5.74, 6) is 0.854. The van der Waals surface area contributed by atoms with E-state index in [1.165, 1.54) is 0 Å². The highest BCUT2D eigenvalue weighted by atomic mass is 35.5. The van der Waals surface area contributed by atoms with Crippen LogP contribution in [0.2, 0.25) is 5.15 Å². The van der Waals surface area contributed by atoms with E-state index in [1.807, 2.05) is 38.1 Å². The smallest absolute Gasteiger partial charge is 0.222 e. The van der Waals surface area contributed by atoms with Gasteiger partial charge in [-0.25, -0.2) is 4.98 Å². The SMILES string of the molecule is CCOc1ccc2nc(Cl)c(CN(CCOC)C(=O)CC)cc2c1. The summed E-state index contributed by atoms with van der Waals surface area (Å²) in [6.45, 7) is 5.82. The number of carbonyl (C=O) groups excluding carboxylic acids is 1. The first-order valence-electron chi connectivity index (χ1n) is 8.07. The molecule has 1 amide bonds. The van der Waals surface area contributed by atoms with Gasteiger partial charge in [0.2, 0.25) is 5.91 Å². The number of hydrogen-bond acceptors (Lipinski definition) is 4. The molecule has 0 aliphatic carbocycles. The Morgan fingerprint density at radius 1 is 1.29 bits per heavy atom. The van der Waals surface area contributed by atoms with Crippen LogP contribution in [0.3, 0.4) is 0 Å². The van der Waals surface area contributed by atoms with Crippen LogP contribution in [-0.2, 0) is 16.1 Å². The molecule has 0 atom stereocenters. The molecule has 0 aliphatic heterocycles. The van der Waals surface area contributed by atoms with Crippen LogP contribution < -0.4 is 4.74 Å². The molecule has 0 radical (unpaired) electrons. The highest BCUT2D eigenvalue weighted by molar-refractivity contribution is 6.30. The number of aromatic nitrogens is 1. The van der Waals surface area contributed by atoms with Crippen LogP contribution in [0.4, 0.5) is 0 Å². The van der Waals surface area contributed by atoms with Crippen LogP contribution in [0.25, 0.3) is 10.9 Å². The third-order valence-electron chi connectivity index (χ3n) is 3.71. The van der Waals surface area contributed by atoms with E-state index < -0.39 is 0 Å². The van der Waals surface area contributed by atoms with Gasteiger partial charge in [0.25, 0.3) is 0 Å². The molecule has 2 aromatic rings. The topological polar surface area (TPSA) is 51.7 Å². The molecule has 1 heterocycles. The van der Waals surface area contributed by atoms with Crippen molar-refractivity contribution in [3.05, 3.63) is 35.0 Å². The molecular weight excluding hydrogens is 328 g/mol. The van der Waals surface area contributed by atoms with Gasteiger partial charge in [0, 0.05) is 37.6 Å². The van der Waals surface area contributed by atoms with Crippen molar-refractivity contribution >= 4 is 28.4 Å². The predicted molar refractivity (Wildman–Crippen MR) is 95.5 cm³/mol. The minimum atomic E-state index is 0.0614. The summed E-state index contributed by atoms with van der Waals surface area (Å²) in [6.07, 6.45) is 0.441. The molecule has 0 unspecified atom stereocenters. The molecule has 1 aromatic carbocycles. The zero-order valence-electron chi connectivity index (χ0n) is 14.3. The number of benzene rings is 1. The highest BCUT2D eigenvalue weighted by Crippen LogP contribution is 2.25. The van der Waals surface area contributed by atoms with Crippen LogP contribution in [0, 0.1) is 0 Å². The van der Waals surface area contributed by atoms with Gasteiger partial charge in [-0.1, -0.05) is 18.5 Å². The molecule has 5 nitrogen and oxygen atoms in total. The van der Waals surface area contributed by atoms with Crippen LogP contribution in [0.15, 0.2) is 24.3 Å². The third-order valence-corrected chi connectivity index (χ3v) is 4.03. The average molecular weight is 351 g/mol. The second-order valence-corrected chi connectivity index (χ2v) is 5.75. The van der Waals surface area contributed by atoms with Crippen LogP contribution >= 0.6 is 11.6 Å². The van der Waals surface area contributed by atoms with Gasteiger partial charge in [-0.15, -0.1) is 0 Å². The molecule has 0 saturated heterocycles. The average Bonchev–Trinajstić information content (AvgIpc) is 2.58. The zero-order chi connectivity index (χ0) is 17.5. The van der Waals surface area contributed by atoms with E-state index in [9.17, 15) is 4.79 Å². The van der Waals surface area contributed by atoms with Crippen molar-refractivity contribution < 1.29 is 14.3 Å². The van der Waals surface area contributed by atoms with Crippen molar-refractivity contribution in [2.24, 2.45) is 0 Å². The largest absolute Gasteiger partial charge is 0.494 e. The second kappa shape index (κ2) is 8.85. The first-order chi connectivity index (χ1) is 11.6. The Morgan fingerprint density at radius 3 is 2.75 bits per heavy atom. The molecule has 0 aliphatic rings. The number of amides is 1. The molecule has 6 heteroatoms. The summed E-state index contributed by atoms with van der Waals surface area (Å²) in [7, 11) is 1.62. The molecule has 0 fully saturated rings. The number of ether oxygens (including phenoxy) is 2. The van der Waals surface area contributed by atoms with Crippen molar-refractivity contribution in [3.63, 3.8) is 0 Å². The van der Waals surface area contributed by atoms with Gasteiger partial charge in [-0.05, 0) is 31.2 Å². The predicted octanol–water partition coefficient (Wildman–Crippen LogP) is 3.67. The van der Waals surface area contributed by atoms with Crippen molar-refractivity contribution in [3.8, 4) is 5.75 Å². The fourth-order valence-electron chi connectivity index (χ4n) is 2.46. The minimum Gasteiger partial charge on any atom is -0.494 e. The summed E-state index contributed by atoms with van der Waals surface area (Å²) < 4.78 is 10.6. The van der Waals surface area contributed by atoms with Crippen molar-refractivity contribution in [1.29, 1.82) is 0 Å². The van der Waals surface area contributed by atoms with E-state index >= 15 is 0 Å². The van der Waals surface area contributed by atoms with Crippen molar-refractivity contribution in [2.75, 3.05) is 26.9 Å². The van der Waals surface area contributed by atoms with Crippen molar-refractivity contribution in [1.82, 2.24) is 9.88 Å². The van der Waals surface area contributed by atoms with Crippen molar-refractivity contribution in [2.45, 2.75) is 26.8 Å². The molecule has 0 spiro atoms. The number of halogens is 1. The lowest BCUT2D eigenvalue weighted by Gasteiger charge is -2.22. The van der Waals surface area contributed by atoms with E-state index in [1.54, 1.807) is 12.0 Å². The Morgan fingerprint density at radius 2 is 2.08 bits per heavy atom. The van der Waals surface area contributed by atoms with Gasteiger partial charge < -0.3 is 14.4 Å². The summed E-state index contributed by atoms with van der Waals surface area (Å²) in [5.41, 5.74) is 1.62. The highest BCUT2D eigenvalue weighted by Gasteiger charge is 2.15. The van der Waals surface area contributed by atoms with Gasteiger partial charge in [-0.3, -0.25) is 4.79 Å². The summed E-state index contributed by atoms with van der Waals surface area (Å²) >= 11 is 6.32. The van der Waals surface area contributed by atoms with Gasteiger partial charge in [-0.2, -0.15) is 0 Å². The van der Waals surface area contributed by atoms with Gasteiger partial charge in [0.05, 0.1) is 18.7 Å². The molecule has 0 saturated carbocycles. The van der Waals surface area contributed by atoms with Crippen LogP contribution in [-0.4, -0.2) is 42.7 Å². The number of nitrogens with zero attached hydrogens (tertiary/aromatic N) is 2. The van der Waals surface area contributed by atoms with Gasteiger partial charge in [0.15, 0.2) is 0 Å². The Bertz CT molecular complexity index is 706. The minimum absolute atomic E-state index is 0.0614. The second-order valence-electron chi connectivity index (χ2n) is 5.39. The van der Waals surface area contributed by atoms with Gasteiger partial charge >= 0.3 is 0 Å². The number of fused-ring (bicyclic) bond motifs is 1. The molecular formula is C18H23ClN2O3. The number of methoxy groups -OCH3 is 1. The maximum Gasteiger partial charge on any atom is 0.222 e. The number of hydrogen-bond donors (Lipinski definition) is 0. The van der Waals surface area contributed by atoms with E-state index in [4.69, 9.17) is 21.1 Å². The first-order valence-corrected chi connectivity index (χ1v) is 8.45. The van der Waals surface area contributed by atoms with E-state index in [0.717, 1.165) is 22.2 Å². The molecule has 2 rings (SSSR count). The lowest BCUT2D eigenvalue weighted by atomic mass is 10.1. The molecule has 130 valence electrons. The zero-order valence-corrected chi connectivity index (χ0v) is 15.1. The van der Waals surface area contributed by atoms with E-state index in [0.29, 0.717) is 37.9 Å². The summed E-state index contributed by atoms with van der Waals surface area (Å²) in [4.78, 5) is 18.3. The van der Waals surface area contributed by atoms with Crippen LogP contribution in [0.1, 0.15) is 25.8 Å². The Balaban J connectivity index is 2.31. The Labute approximate surface area is 147 Å². The van der Waals surface area contributed by atoms with Crippen LogP contribution in [0.5, 0.6) is 5.75 Å². The summed E-state index contributed by atoms with van der Waals surface area (Å²) in [5, 5.41) is 1.36. The van der Waals surface area contributed by atoms with E-state index in [-0.39, 0.29) is 5.91 Å². The summed E-state index contributed by atoms with van der Waals surface area (Å²) in [6, 6.07) is 7.67. The molecule has 0 N–H and O–H groups in total. The number of rotatable bonds is 8. The van der Waals surface area contributed by atoms with Gasteiger partial charge in [0.1, 0.15) is 10.9 Å². The first kappa shape index (κ1) is 18.5.